The van der Waals surface area contributed by atoms with Crippen LogP contribution in [-0.4, -0.2) is 17.8 Å². The summed E-state index contributed by atoms with van der Waals surface area (Å²) in [4.78, 5) is 24.7. The van der Waals surface area contributed by atoms with Crippen LogP contribution in [0.4, 0.5) is 20.6 Å². The maximum atomic E-state index is 13.5. The number of hydrogen-bond donors (Lipinski definition) is 1. The third-order valence-electron chi connectivity index (χ3n) is 1.76. The highest BCUT2D eigenvalue weighted by Gasteiger charge is 2.17. The number of carbonyl (C=O) groups excluding carboxylic acids is 2. The first kappa shape index (κ1) is 13.9. The van der Waals surface area contributed by atoms with Crippen LogP contribution >= 0.6 is 0 Å². The third-order valence-corrected chi connectivity index (χ3v) is 1.76. The molecule has 0 saturated heterocycles. The monoisotopic (exact) mass is 252 g/mol. The summed E-state index contributed by atoms with van der Waals surface area (Å²) in [5.41, 5.74) is -0.589. The number of carbonyl (C=O) groups is 1. The standard InChI is InChI=1S/C12H13FN2O3/c1-12(2,3)18-11(17)15-10-5-4-8(14-7-16)6-9(10)13/h4-6H,1-3H3,(H,15,17). The van der Waals surface area contributed by atoms with Gasteiger partial charge in [0.05, 0.1) is 11.4 Å². The van der Waals surface area contributed by atoms with Crippen molar-refractivity contribution in [3.63, 3.8) is 0 Å². The van der Waals surface area contributed by atoms with Gasteiger partial charge in [-0.2, -0.15) is 4.99 Å². The summed E-state index contributed by atoms with van der Waals surface area (Å²) < 4.78 is 18.5. The van der Waals surface area contributed by atoms with Crippen LogP contribution in [0.25, 0.3) is 0 Å². The highest BCUT2D eigenvalue weighted by molar-refractivity contribution is 5.85. The van der Waals surface area contributed by atoms with E-state index in [1.165, 1.54) is 18.2 Å². The first-order valence-corrected chi connectivity index (χ1v) is 5.19. The van der Waals surface area contributed by atoms with Gasteiger partial charge in [-0.05, 0) is 32.9 Å². The molecule has 5 nitrogen and oxygen atoms in total. The third kappa shape index (κ3) is 4.35. The highest BCUT2D eigenvalue weighted by atomic mass is 19.1. The lowest BCUT2D eigenvalue weighted by Gasteiger charge is -2.19. The molecule has 0 atom stereocenters. The quantitative estimate of drug-likeness (QED) is 0.649. The van der Waals surface area contributed by atoms with Crippen LogP contribution in [0.3, 0.4) is 0 Å². The lowest BCUT2D eigenvalue weighted by molar-refractivity contribution is 0.0635. The van der Waals surface area contributed by atoms with E-state index in [0.717, 1.165) is 6.07 Å². The van der Waals surface area contributed by atoms with Crippen molar-refractivity contribution in [3.8, 4) is 0 Å². The molecule has 0 aliphatic rings. The number of ether oxygens (including phenoxy) is 1. The van der Waals surface area contributed by atoms with Crippen LogP contribution in [0.5, 0.6) is 0 Å². The molecule has 1 N–H and O–H groups in total. The maximum Gasteiger partial charge on any atom is 0.412 e. The largest absolute Gasteiger partial charge is 0.444 e. The topological polar surface area (TPSA) is 67.8 Å². The SMILES string of the molecule is CC(C)(C)OC(=O)Nc1ccc(N=C=O)cc1F. The van der Waals surface area contributed by atoms with E-state index in [1.54, 1.807) is 20.8 Å². The Kier molecular flexibility index (Phi) is 4.18. The Balaban J connectivity index is 2.80. The summed E-state index contributed by atoms with van der Waals surface area (Å²) in [5, 5.41) is 2.26. The van der Waals surface area contributed by atoms with Gasteiger partial charge < -0.3 is 4.74 Å². The summed E-state index contributed by atoms with van der Waals surface area (Å²) in [6, 6.07) is 3.67. The molecule has 6 heteroatoms. The number of nitrogens with one attached hydrogen (secondary N) is 1. The number of rotatable bonds is 2. The predicted octanol–water partition coefficient (Wildman–Crippen LogP) is 3.14. The van der Waals surface area contributed by atoms with Crippen LogP contribution in [0.1, 0.15) is 20.8 Å². The molecule has 0 heterocycles. The second-order valence-corrected chi connectivity index (χ2v) is 4.49. The highest BCUT2D eigenvalue weighted by Crippen LogP contribution is 2.21. The maximum absolute atomic E-state index is 13.5. The van der Waals surface area contributed by atoms with Crippen molar-refractivity contribution in [2.45, 2.75) is 26.4 Å². The summed E-state index contributed by atoms with van der Waals surface area (Å²) in [6.45, 7) is 5.10. The average molecular weight is 252 g/mol. The van der Waals surface area contributed by atoms with Crippen molar-refractivity contribution in [3.05, 3.63) is 24.0 Å². The molecular weight excluding hydrogens is 239 g/mol. The first-order valence-electron chi connectivity index (χ1n) is 5.19. The molecule has 96 valence electrons. The number of benzene rings is 1. The fourth-order valence-corrected chi connectivity index (χ4v) is 1.14. The summed E-state index contributed by atoms with van der Waals surface area (Å²) in [7, 11) is 0. The normalized spacial score (nSPS) is 10.4. The fourth-order valence-electron chi connectivity index (χ4n) is 1.14. The minimum absolute atomic E-state index is 0.0471. The van der Waals surface area contributed by atoms with Gasteiger partial charge in [-0.25, -0.2) is 14.0 Å². The van der Waals surface area contributed by atoms with E-state index in [9.17, 15) is 14.0 Å². The summed E-state index contributed by atoms with van der Waals surface area (Å²) in [6.07, 6.45) is 0.542. The van der Waals surface area contributed by atoms with E-state index >= 15 is 0 Å². The van der Waals surface area contributed by atoms with Gasteiger partial charge in [-0.15, -0.1) is 0 Å². The van der Waals surface area contributed by atoms with Gasteiger partial charge in [0.15, 0.2) is 0 Å². The van der Waals surface area contributed by atoms with Crippen LogP contribution < -0.4 is 5.32 Å². The lowest BCUT2D eigenvalue weighted by atomic mass is 10.2. The van der Waals surface area contributed by atoms with E-state index in [-0.39, 0.29) is 11.4 Å². The molecule has 0 saturated carbocycles. The molecule has 0 bridgehead atoms. The van der Waals surface area contributed by atoms with Gasteiger partial charge in [0.25, 0.3) is 0 Å². The van der Waals surface area contributed by atoms with Gasteiger partial charge in [-0.1, -0.05) is 0 Å². The van der Waals surface area contributed by atoms with Crippen LogP contribution in [0, 0.1) is 5.82 Å². The van der Waals surface area contributed by atoms with E-state index < -0.39 is 17.5 Å². The second-order valence-electron chi connectivity index (χ2n) is 4.49. The van der Waals surface area contributed by atoms with Crippen molar-refractivity contribution >= 4 is 23.5 Å². The Labute approximate surface area is 104 Å². The summed E-state index contributed by atoms with van der Waals surface area (Å²) in [5.74, 6) is -0.711. The number of hydrogen-bond acceptors (Lipinski definition) is 4. The smallest absolute Gasteiger partial charge is 0.412 e. The van der Waals surface area contributed by atoms with E-state index in [0.29, 0.717) is 0 Å². The van der Waals surface area contributed by atoms with Crippen molar-refractivity contribution in [2.24, 2.45) is 4.99 Å². The Bertz CT molecular complexity index is 503. The number of halogens is 1. The number of anilines is 1. The molecule has 1 amide bonds. The van der Waals surface area contributed by atoms with E-state index in [4.69, 9.17) is 4.74 Å². The molecule has 0 unspecified atom stereocenters. The zero-order valence-corrected chi connectivity index (χ0v) is 10.3. The second kappa shape index (κ2) is 5.42. The fraction of sp³-hybridized carbons (Fsp3) is 0.333. The van der Waals surface area contributed by atoms with Gasteiger partial charge in [0.1, 0.15) is 11.4 Å². The Morgan fingerprint density at radius 1 is 1.44 bits per heavy atom. The zero-order valence-electron chi connectivity index (χ0n) is 10.3. The molecule has 1 rings (SSSR count). The molecule has 0 fully saturated rings. The van der Waals surface area contributed by atoms with Crippen molar-refractivity contribution in [2.75, 3.05) is 5.32 Å². The van der Waals surface area contributed by atoms with Gasteiger partial charge in [0, 0.05) is 6.07 Å². The van der Waals surface area contributed by atoms with Gasteiger partial charge in [-0.3, -0.25) is 5.32 Å². The molecule has 0 spiro atoms. The molecule has 1 aromatic carbocycles. The van der Waals surface area contributed by atoms with Gasteiger partial charge in [0.2, 0.25) is 6.08 Å². The Morgan fingerprint density at radius 2 is 2.11 bits per heavy atom. The number of nitrogens with zero attached hydrogens (tertiary/aromatic N) is 1. The van der Waals surface area contributed by atoms with E-state index in [2.05, 4.69) is 10.3 Å². The number of amides is 1. The van der Waals surface area contributed by atoms with Crippen LogP contribution in [0.15, 0.2) is 23.2 Å². The van der Waals surface area contributed by atoms with Crippen LogP contribution in [0.2, 0.25) is 0 Å². The van der Waals surface area contributed by atoms with Crippen molar-refractivity contribution < 1.29 is 18.7 Å². The van der Waals surface area contributed by atoms with Gasteiger partial charge >= 0.3 is 6.09 Å². The zero-order chi connectivity index (χ0) is 13.8. The molecule has 0 aliphatic heterocycles. The Morgan fingerprint density at radius 3 is 2.61 bits per heavy atom. The van der Waals surface area contributed by atoms with Crippen molar-refractivity contribution in [1.29, 1.82) is 0 Å². The molecule has 0 aromatic heterocycles. The minimum atomic E-state index is -0.756. The number of isocyanates is 1. The average Bonchev–Trinajstić information content (AvgIpc) is 2.20. The number of aliphatic imine (C=N–C) groups is 1. The predicted molar refractivity (Wildman–Crippen MR) is 64.0 cm³/mol. The minimum Gasteiger partial charge on any atom is -0.444 e. The molecular formula is C12H13FN2O3. The molecule has 0 radical (unpaired) electrons. The first-order chi connectivity index (χ1) is 8.31. The van der Waals surface area contributed by atoms with Crippen LogP contribution in [-0.2, 0) is 9.53 Å². The lowest BCUT2D eigenvalue weighted by Crippen LogP contribution is -2.27. The molecule has 18 heavy (non-hydrogen) atoms. The van der Waals surface area contributed by atoms with E-state index in [1.807, 2.05) is 0 Å². The summed E-state index contributed by atoms with van der Waals surface area (Å²) >= 11 is 0. The van der Waals surface area contributed by atoms with Crippen molar-refractivity contribution in [1.82, 2.24) is 0 Å². The molecule has 0 aliphatic carbocycles. The Hall–Kier alpha value is -2.20. The molecule has 1 aromatic rings.